The van der Waals surface area contributed by atoms with E-state index in [9.17, 15) is 9.90 Å². The Morgan fingerprint density at radius 1 is 1.32 bits per heavy atom. The van der Waals surface area contributed by atoms with Crippen molar-refractivity contribution >= 4 is 16.7 Å². The summed E-state index contributed by atoms with van der Waals surface area (Å²) in [6.45, 7) is 2.04. The molecule has 0 aliphatic rings. The first-order valence-corrected chi connectivity index (χ1v) is 6.46. The minimum atomic E-state index is -0.448. The normalized spacial score (nSPS) is 12.4. The zero-order valence-electron chi connectivity index (χ0n) is 11.2. The monoisotopic (exact) mass is 258 g/mol. The van der Waals surface area contributed by atoms with Gasteiger partial charge in [-0.2, -0.15) is 0 Å². The molecule has 1 N–H and O–H groups in total. The van der Waals surface area contributed by atoms with Crippen LogP contribution in [0.5, 0.6) is 0 Å². The van der Waals surface area contributed by atoms with E-state index in [1.54, 1.807) is 6.07 Å². The first-order valence-electron chi connectivity index (χ1n) is 6.46. The lowest BCUT2D eigenvalue weighted by Gasteiger charge is -2.11. The highest BCUT2D eigenvalue weighted by Gasteiger charge is 2.12. The van der Waals surface area contributed by atoms with Gasteiger partial charge in [0.15, 0.2) is 0 Å². The van der Waals surface area contributed by atoms with Gasteiger partial charge in [0.1, 0.15) is 0 Å². The van der Waals surface area contributed by atoms with Gasteiger partial charge in [0.2, 0.25) is 0 Å². The lowest BCUT2D eigenvalue weighted by atomic mass is 9.98. The zero-order valence-corrected chi connectivity index (χ0v) is 11.2. The van der Waals surface area contributed by atoms with Gasteiger partial charge in [-0.05, 0) is 34.9 Å². The van der Waals surface area contributed by atoms with Gasteiger partial charge in [-0.3, -0.25) is 0 Å². The van der Waals surface area contributed by atoms with E-state index in [1.165, 1.54) is 7.11 Å². The van der Waals surface area contributed by atoms with Gasteiger partial charge in [-0.25, -0.2) is 4.79 Å². The van der Waals surface area contributed by atoms with Crippen molar-refractivity contribution in [3.8, 4) is 0 Å². The van der Waals surface area contributed by atoms with E-state index < -0.39 is 6.10 Å². The summed E-state index contributed by atoms with van der Waals surface area (Å²) in [6.07, 6.45) is 1.22. The van der Waals surface area contributed by atoms with Gasteiger partial charge in [-0.1, -0.05) is 37.6 Å². The maximum atomic E-state index is 11.7. The van der Waals surface area contributed by atoms with E-state index in [0.29, 0.717) is 5.56 Å². The van der Waals surface area contributed by atoms with Gasteiger partial charge >= 0.3 is 5.97 Å². The van der Waals surface area contributed by atoms with E-state index >= 15 is 0 Å². The summed E-state index contributed by atoms with van der Waals surface area (Å²) in [7, 11) is 1.38. The molecule has 2 rings (SSSR count). The van der Waals surface area contributed by atoms with Gasteiger partial charge < -0.3 is 9.84 Å². The molecule has 19 heavy (non-hydrogen) atoms. The Bertz CT molecular complexity index is 590. The molecular weight excluding hydrogens is 240 g/mol. The zero-order chi connectivity index (χ0) is 13.8. The summed E-state index contributed by atoms with van der Waals surface area (Å²) >= 11 is 0. The van der Waals surface area contributed by atoms with Crippen molar-refractivity contribution < 1.29 is 14.6 Å². The van der Waals surface area contributed by atoms with Crippen molar-refractivity contribution in [1.29, 1.82) is 0 Å². The van der Waals surface area contributed by atoms with Crippen LogP contribution in [0.15, 0.2) is 36.4 Å². The van der Waals surface area contributed by atoms with Crippen LogP contribution in [-0.4, -0.2) is 18.2 Å². The summed E-state index contributed by atoms with van der Waals surface area (Å²) in [5, 5.41) is 11.8. The second-order valence-electron chi connectivity index (χ2n) is 4.58. The number of aliphatic hydroxyl groups is 1. The smallest absolute Gasteiger partial charge is 0.338 e. The van der Waals surface area contributed by atoms with Gasteiger partial charge in [0, 0.05) is 0 Å². The minimum absolute atomic E-state index is 0.340. The first kappa shape index (κ1) is 13.6. The summed E-state index contributed by atoms with van der Waals surface area (Å²) < 4.78 is 4.77. The second kappa shape index (κ2) is 5.85. The topological polar surface area (TPSA) is 46.5 Å². The molecule has 0 aromatic heterocycles. The van der Waals surface area contributed by atoms with Gasteiger partial charge in [0.25, 0.3) is 0 Å². The highest BCUT2D eigenvalue weighted by Crippen LogP contribution is 2.25. The predicted octanol–water partition coefficient (Wildman–Crippen LogP) is 3.46. The predicted molar refractivity (Wildman–Crippen MR) is 75.2 cm³/mol. The summed E-state index contributed by atoms with van der Waals surface area (Å²) in [5.74, 6) is -0.340. The number of rotatable bonds is 4. The molecule has 2 aromatic carbocycles. The molecule has 0 radical (unpaired) electrons. The largest absolute Gasteiger partial charge is 0.465 e. The maximum Gasteiger partial charge on any atom is 0.338 e. The molecule has 1 atom stereocenters. The first-order chi connectivity index (χ1) is 9.17. The highest BCUT2D eigenvalue weighted by molar-refractivity contribution is 6.04. The van der Waals surface area contributed by atoms with Crippen LogP contribution in [0.2, 0.25) is 0 Å². The average Bonchev–Trinajstić information content (AvgIpc) is 2.45. The number of benzene rings is 2. The number of carbonyl (C=O) groups is 1. The van der Waals surface area contributed by atoms with Crippen LogP contribution in [0.1, 0.15) is 41.8 Å². The molecule has 3 heteroatoms. The van der Waals surface area contributed by atoms with Crippen LogP contribution < -0.4 is 0 Å². The van der Waals surface area contributed by atoms with Crippen molar-refractivity contribution in [3.63, 3.8) is 0 Å². The number of hydrogen-bond acceptors (Lipinski definition) is 3. The number of fused-ring (bicyclic) bond motifs is 1. The van der Waals surface area contributed by atoms with E-state index in [1.807, 2.05) is 37.3 Å². The molecule has 0 bridgehead atoms. The number of methoxy groups -OCH3 is 1. The number of esters is 1. The quantitative estimate of drug-likeness (QED) is 0.854. The van der Waals surface area contributed by atoms with Crippen LogP contribution in [0.25, 0.3) is 10.8 Å². The Labute approximate surface area is 112 Å². The molecule has 0 heterocycles. The molecule has 0 saturated carbocycles. The fourth-order valence-corrected chi connectivity index (χ4v) is 2.24. The maximum absolute atomic E-state index is 11.7. The molecule has 100 valence electrons. The molecule has 3 nitrogen and oxygen atoms in total. The van der Waals surface area contributed by atoms with Crippen molar-refractivity contribution in [2.75, 3.05) is 7.11 Å². The molecule has 0 amide bonds. The van der Waals surface area contributed by atoms with Crippen LogP contribution in [0.4, 0.5) is 0 Å². The number of hydrogen-bond donors (Lipinski definition) is 1. The molecule has 0 saturated heterocycles. The van der Waals surface area contributed by atoms with E-state index in [4.69, 9.17) is 4.74 Å². The lowest BCUT2D eigenvalue weighted by molar-refractivity contribution is 0.0603. The molecule has 0 aliphatic heterocycles. The highest BCUT2D eigenvalue weighted by atomic mass is 16.5. The molecular formula is C16H18O3. The van der Waals surface area contributed by atoms with Crippen molar-refractivity contribution in [1.82, 2.24) is 0 Å². The van der Waals surface area contributed by atoms with Crippen LogP contribution in [-0.2, 0) is 4.74 Å². The second-order valence-corrected chi connectivity index (χ2v) is 4.58. The Balaban J connectivity index is 2.48. The third kappa shape index (κ3) is 2.76. The molecule has 0 aliphatic carbocycles. The summed E-state index contributed by atoms with van der Waals surface area (Å²) in [6, 6.07) is 11.2. The van der Waals surface area contributed by atoms with Crippen molar-refractivity contribution in [2.45, 2.75) is 25.9 Å². The van der Waals surface area contributed by atoms with Crippen LogP contribution >= 0.6 is 0 Å². The van der Waals surface area contributed by atoms with Crippen molar-refractivity contribution in [3.05, 3.63) is 47.5 Å². The Morgan fingerprint density at radius 3 is 2.79 bits per heavy atom. The SMILES string of the molecule is CCCC(O)c1ccc2c(C(=O)OC)cccc2c1. The average molecular weight is 258 g/mol. The third-order valence-corrected chi connectivity index (χ3v) is 3.26. The minimum Gasteiger partial charge on any atom is -0.465 e. The molecule has 0 spiro atoms. The number of carbonyl (C=O) groups excluding carboxylic acids is 1. The molecule has 2 aromatic rings. The molecule has 1 unspecified atom stereocenters. The summed E-state index contributed by atoms with van der Waals surface area (Å²) in [4.78, 5) is 11.7. The van der Waals surface area contributed by atoms with E-state index in [-0.39, 0.29) is 5.97 Å². The van der Waals surface area contributed by atoms with E-state index in [2.05, 4.69) is 0 Å². The molecule has 0 fully saturated rings. The number of aliphatic hydroxyl groups excluding tert-OH is 1. The van der Waals surface area contributed by atoms with E-state index in [0.717, 1.165) is 29.2 Å². The van der Waals surface area contributed by atoms with Crippen LogP contribution in [0, 0.1) is 0 Å². The fraction of sp³-hybridized carbons (Fsp3) is 0.312. The lowest BCUT2D eigenvalue weighted by Crippen LogP contribution is -2.02. The Morgan fingerprint density at radius 2 is 2.11 bits per heavy atom. The van der Waals surface area contributed by atoms with Crippen molar-refractivity contribution in [2.24, 2.45) is 0 Å². The van der Waals surface area contributed by atoms with Gasteiger partial charge in [-0.15, -0.1) is 0 Å². The summed E-state index contributed by atoms with van der Waals surface area (Å²) in [5.41, 5.74) is 1.44. The third-order valence-electron chi connectivity index (χ3n) is 3.26. The van der Waals surface area contributed by atoms with Gasteiger partial charge in [0.05, 0.1) is 18.8 Å². The van der Waals surface area contributed by atoms with Crippen LogP contribution in [0.3, 0.4) is 0 Å². The Kier molecular flexibility index (Phi) is 4.17. The standard InChI is InChI=1S/C16H18O3/c1-3-5-15(17)12-8-9-13-11(10-12)6-4-7-14(13)16(18)19-2/h4,6-10,15,17H,3,5H2,1-2H3. The Hall–Kier alpha value is -1.87. The fourth-order valence-electron chi connectivity index (χ4n) is 2.24. The number of ether oxygens (including phenoxy) is 1.